The molecule has 0 bridgehead atoms. The van der Waals surface area contributed by atoms with Gasteiger partial charge in [0.1, 0.15) is 0 Å². The molecule has 0 aliphatic rings. The van der Waals surface area contributed by atoms with Crippen LogP contribution in [-0.4, -0.2) is 19.3 Å². The van der Waals surface area contributed by atoms with E-state index in [0.29, 0.717) is 0 Å². The van der Waals surface area contributed by atoms with Gasteiger partial charge < -0.3 is 4.74 Å². The number of rotatable bonds is 2. The first-order chi connectivity index (χ1) is 5.41. The van der Waals surface area contributed by atoms with E-state index in [-0.39, 0.29) is 11.4 Å². The summed E-state index contributed by atoms with van der Waals surface area (Å²) in [6, 6.07) is 0. The van der Waals surface area contributed by atoms with Crippen molar-refractivity contribution in [1.82, 2.24) is 0 Å². The Morgan fingerprint density at radius 1 is 1.42 bits per heavy atom. The maximum absolute atomic E-state index is 10.9. The van der Waals surface area contributed by atoms with E-state index in [9.17, 15) is 4.79 Å². The van der Waals surface area contributed by atoms with Gasteiger partial charge in [-0.2, -0.15) is 0 Å². The summed E-state index contributed by atoms with van der Waals surface area (Å²) in [5.74, 6) is -0.283. The van der Waals surface area contributed by atoms with Crippen molar-refractivity contribution in [2.24, 2.45) is 5.41 Å². The van der Waals surface area contributed by atoms with E-state index in [1.54, 1.807) is 17.8 Å². The molecule has 12 heavy (non-hydrogen) atoms. The SMILES string of the molecule is COC(=O)/C=C(\SC)C(C)(C)C. The largest absolute Gasteiger partial charge is 0.466 e. The van der Waals surface area contributed by atoms with Crippen molar-refractivity contribution in [2.75, 3.05) is 13.4 Å². The second-order valence-corrected chi connectivity index (χ2v) is 4.33. The second kappa shape index (κ2) is 4.55. The zero-order valence-electron chi connectivity index (χ0n) is 8.30. The number of methoxy groups -OCH3 is 1. The monoisotopic (exact) mass is 188 g/mol. The lowest BCUT2D eigenvalue weighted by Crippen LogP contribution is -2.09. The molecule has 0 aliphatic heterocycles. The quantitative estimate of drug-likeness (QED) is 0.492. The molecule has 3 heteroatoms. The van der Waals surface area contributed by atoms with Crippen LogP contribution in [0.15, 0.2) is 11.0 Å². The highest BCUT2D eigenvalue weighted by molar-refractivity contribution is 8.02. The molecule has 0 spiro atoms. The molecule has 0 atom stereocenters. The standard InChI is InChI=1S/C9H16O2S/c1-9(2,3)7(12-5)6-8(10)11-4/h6H,1-5H3/b7-6-. The molecule has 0 N–H and O–H groups in total. The van der Waals surface area contributed by atoms with E-state index in [1.165, 1.54) is 7.11 Å². The fourth-order valence-electron chi connectivity index (χ4n) is 0.748. The van der Waals surface area contributed by atoms with Crippen molar-refractivity contribution >= 4 is 17.7 Å². The van der Waals surface area contributed by atoms with E-state index in [2.05, 4.69) is 25.5 Å². The van der Waals surface area contributed by atoms with Gasteiger partial charge in [0.05, 0.1) is 7.11 Å². The molecule has 0 rings (SSSR count). The minimum Gasteiger partial charge on any atom is -0.466 e. The lowest BCUT2D eigenvalue weighted by atomic mass is 9.96. The molecule has 2 nitrogen and oxygen atoms in total. The third kappa shape index (κ3) is 3.81. The maximum atomic E-state index is 10.9. The van der Waals surface area contributed by atoms with E-state index < -0.39 is 0 Å². The fourth-order valence-corrected chi connectivity index (χ4v) is 1.57. The van der Waals surface area contributed by atoms with E-state index in [0.717, 1.165) is 4.91 Å². The molecule has 0 aromatic rings. The first kappa shape index (κ1) is 11.6. The van der Waals surface area contributed by atoms with Gasteiger partial charge in [-0.05, 0) is 16.6 Å². The average molecular weight is 188 g/mol. The van der Waals surface area contributed by atoms with Gasteiger partial charge in [0.2, 0.25) is 0 Å². The lowest BCUT2D eigenvalue weighted by Gasteiger charge is -2.20. The third-order valence-corrected chi connectivity index (χ3v) is 2.58. The zero-order valence-corrected chi connectivity index (χ0v) is 9.12. The van der Waals surface area contributed by atoms with Gasteiger partial charge in [-0.3, -0.25) is 0 Å². The zero-order chi connectivity index (χ0) is 9.78. The van der Waals surface area contributed by atoms with Crippen molar-refractivity contribution in [1.29, 1.82) is 0 Å². The molecule has 0 radical (unpaired) electrons. The predicted molar refractivity (Wildman–Crippen MR) is 53.1 cm³/mol. The van der Waals surface area contributed by atoms with Crippen molar-refractivity contribution < 1.29 is 9.53 Å². The third-order valence-electron chi connectivity index (χ3n) is 1.41. The summed E-state index contributed by atoms with van der Waals surface area (Å²) in [4.78, 5) is 12.0. The minimum absolute atomic E-state index is 0.0214. The first-order valence-electron chi connectivity index (χ1n) is 3.76. The number of thioether (sulfide) groups is 1. The number of ether oxygens (including phenoxy) is 1. The van der Waals surface area contributed by atoms with Gasteiger partial charge >= 0.3 is 5.97 Å². The molecular formula is C9H16O2S. The molecule has 0 amide bonds. The van der Waals surface area contributed by atoms with Crippen LogP contribution in [0.4, 0.5) is 0 Å². The van der Waals surface area contributed by atoms with Crippen LogP contribution in [0.3, 0.4) is 0 Å². The van der Waals surface area contributed by atoms with Crippen LogP contribution < -0.4 is 0 Å². The predicted octanol–water partition coefficient (Wildman–Crippen LogP) is 2.45. The molecule has 0 saturated heterocycles. The Morgan fingerprint density at radius 2 is 1.92 bits per heavy atom. The summed E-state index contributed by atoms with van der Waals surface area (Å²) in [5, 5.41) is 0. The van der Waals surface area contributed by atoms with Crippen molar-refractivity contribution in [3.63, 3.8) is 0 Å². The number of allylic oxidation sites excluding steroid dienone is 1. The highest BCUT2D eigenvalue weighted by atomic mass is 32.2. The second-order valence-electron chi connectivity index (χ2n) is 3.49. The van der Waals surface area contributed by atoms with E-state index in [1.807, 2.05) is 6.26 Å². The Kier molecular flexibility index (Phi) is 4.39. The number of carbonyl (C=O) groups is 1. The van der Waals surface area contributed by atoms with Crippen LogP contribution >= 0.6 is 11.8 Å². The summed E-state index contributed by atoms with van der Waals surface area (Å²) in [5.41, 5.74) is 0.0214. The van der Waals surface area contributed by atoms with Gasteiger partial charge in [0.25, 0.3) is 0 Å². The smallest absolute Gasteiger partial charge is 0.331 e. The van der Waals surface area contributed by atoms with Crippen molar-refractivity contribution in [3.05, 3.63) is 11.0 Å². The van der Waals surface area contributed by atoms with Gasteiger partial charge in [-0.1, -0.05) is 20.8 Å². The molecule has 0 aromatic heterocycles. The van der Waals surface area contributed by atoms with Crippen LogP contribution in [0.25, 0.3) is 0 Å². The highest BCUT2D eigenvalue weighted by Gasteiger charge is 2.17. The Bertz CT molecular complexity index is 189. The number of hydrogen-bond acceptors (Lipinski definition) is 3. The van der Waals surface area contributed by atoms with E-state index in [4.69, 9.17) is 0 Å². The number of hydrogen-bond donors (Lipinski definition) is 0. The van der Waals surface area contributed by atoms with Gasteiger partial charge in [-0.25, -0.2) is 4.79 Å². The summed E-state index contributed by atoms with van der Waals surface area (Å²) in [7, 11) is 1.39. The Morgan fingerprint density at radius 3 is 2.17 bits per heavy atom. The van der Waals surface area contributed by atoms with Crippen molar-refractivity contribution in [2.45, 2.75) is 20.8 Å². The lowest BCUT2D eigenvalue weighted by molar-refractivity contribution is -0.134. The molecule has 0 heterocycles. The molecule has 0 aromatic carbocycles. The van der Waals surface area contributed by atoms with Gasteiger partial charge in [-0.15, -0.1) is 11.8 Å². The van der Waals surface area contributed by atoms with Gasteiger partial charge in [0, 0.05) is 6.08 Å². The van der Waals surface area contributed by atoms with Crippen LogP contribution in [0, 0.1) is 5.41 Å². The maximum Gasteiger partial charge on any atom is 0.331 e. The molecule has 0 saturated carbocycles. The summed E-state index contributed by atoms with van der Waals surface area (Å²) >= 11 is 1.58. The van der Waals surface area contributed by atoms with Crippen molar-refractivity contribution in [3.8, 4) is 0 Å². The normalized spacial score (nSPS) is 12.9. The first-order valence-corrected chi connectivity index (χ1v) is 4.98. The topological polar surface area (TPSA) is 26.3 Å². The molecule has 0 aliphatic carbocycles. The Balaban J connectivity index is 4.55. The summed E-state index contributed by atoms with van der Waals surface area (Å²) in [6.07, 6.45) is 3.50. The van der Waals surface area contributed by atoms with Gasteiger partial charge in [0.15, 0.2) is 0 Å². The van der Waals surface area contributed by atoms with E-state index >= 15 is 0 Å². The summed E-state index contributed by atoms with van der Waals surface area (Å²) < 4.78 is 4.55. The Hall–Kier alpha value is -0.440. The molecule has 0 fully saturated rings. The fraction of sp³-hybridized carbons (Fsp3) is 0.667. The summed E-state index contributed by atoms with van der Waals surface area (Å²) in [6.45, 7) is 6.20. The molecule has 0 unspecified atom stereocenters. The number of esters is 1. The van der Waals surface area contributed by atoms with Crippen LogP contribution in [-0.2, 0) is 9.53 Å². The number of carbonyl (C=O) groups excluding carboxylic acids is 1. The molecule has 70 valence electrons. The molecular weight excluding hydrogens is 172 g/mol. The minimum atomic E-state index is -0.283. The average Bonchev–Trinajstić information content (AvgIpc) is 1.97. The van der Waals surface area contributed by atoms with Crippen LogP contribution in [0.2, 0.25) is 0 Å². The van der Waals surface area contributed by atoms with Crippen LogP contribution in [0.1, 0.15) is 20.8 Å². The van der Waals surface area contributed by atoms with Crippen LogP contribution in [0.5, 0.6) is 0 Å². The highest BCUT2D eigenvalue weighted by Crippen LogP contribution is 2.32. The Labute approximate surface area is 78.4 Å².